The van der Waals surface area contributed by atoms with Gasteiger partial charge in [0.1, 0.15) is 10.4 Å². The molecule has 1 aliphatic rings. The maximum Gasteiger partial charge on any atom is 0.270 e. The van der Waals surface area contributed by atoms with Crippen molar-refractivity contribution in [2.75, 3.05) is 25.1 Å². The largest absolute Gasteiger partial charge is 0.497 e. The van der Waals surface area contributed by atoms with Gasteiger partial charge in [-0.2, -0.15) is 4.98 Å². The second kappa shape index (κ2) is 7.97. The highest BCUT2D eigenvalue weighted by Gasteiger charge is 2.27. The highest BCUT2D eigenvalue weighted by Crippen LogP contribution is 2.29. The third kappa shape index (κ3) is 3.84. The topological polar surface area (TPSA) is 100 Å². The lowest BCUT2D eigenvalue weighted by Gasteiger charge is -2.31. The van der Waals surface area contributed by atoms with Gasteiger partial charge in [0.25, 0.3) is 5.56 Å². The Morgan fingerprint density at radius 2 is 2.21 bits per heavy atom. The smallest absolute Gasteiger partial charge is 0.270 e. The molecule has 1 amide bonds. The predicted molar refractivity (Wildman–Crippen MR) is 108 cm³/mol. The number of aromatic nitrogens is 3. The van der Waals surface area contributed by atoms with Crippen LogP contribution in [0.3, 0.4) is 0 Å². The maximum absolute atomic E-state index is 12.7. The number of hydrogen-bond acceptors (Lipinski definition) is 7. The fourth-order valence-electron chi connectivity index (χ4n) is 3.33. The first-order valence-corrected chi connectivity index (χ1v) is 9.95. The molecule has 2 N–H and O–H groups in total. The molecule has 8 nitrogen and oxygen atoms in total. The molecule has 1 aliphatic heterocycles. The van der Waals surface area contributed by atoms with Crippen LogP contribution < -0.4 is 20.5 Å². The van der Waals surface area contributed by atoms with Crippen molar-refractivity contribution in [3.63, 3.8) is 0 Å². The number of benzene rings is 1. The van der Waals surface area contributed by atoms with Crippen molar-refractivity contribution in [3.05, 3.63) is 46.5 Å². The first-order valence-electron chi connectivity index (χ1n) is 9.14. The van der Waals surface area contributed by atoms with E-state index < -0.39 is 0 Å². The van der Waals surface area contributed by atoms with Crippen LogP contribution in [0.15, 0.2) is 35.4 Å². The quantitative estimate of drug-likeness (QED) is 0.680. The summed E-state index contributed by atoms with van der Waals surface area (Å²) in [5.41, 5.74) is 1.30. The Balaban J connectivity index is 1.40. The molecule has 1 aromatic carbocycles. The molecular formula is C19H21N5O3S. The molecule has 2 aromatic heterocycles. The van der Waals surface area contributed by atoms with Crippen molar-refractivity contribution in [2.24, 2.45) is 5.92 Å². The molecule has 1 fully saturated rings. The minimum absolute atomic E-state index is 0.0394. The molecule has 1 atom stereocenters. The highest BCUT2D eigenvalue weighted by atomic mass is 32.1. The number of aromatic amines is 1. The lowest BCUT2D eigenvalue weighted by atomic mass is 9.97. The minimum atomic E-state index is -0.181. The summed E-state index contributed by atoms with van der Waals surface area (Å²) in [5, 5.41) is 3.77. The maximum atomic E-state index is 12.7. The Labute approximate surface area is 165 Å². The number of anilines is 1. The summed E-state index contributed by atoms with van der Waals surface area (Å²) in [7, 11) is 1.63. The zero-order valence-electron chi connectivity index (χ0n) is 15.5. The molecule has 28 heavy (non-hydrogen) atoms. The van der Waals surface area contributed by atoms with Gasteiger partial charge in [-0.05, 0) is 30.5 Å². The third-order valence-electron chi connectivity index (χ3n) is 4.88. The van der Waals surface area contributed by atoms with E-state index in [4.69, 9.17) is 4.74 Å². The molecule has 0 saturated carbocycles. The molecule has 1 unspecified atom stereocenters. The molecule has 146 valence electrons. The van der Waals surface area contributed by atoms with E-state index in [2.05, 4.69) is 25.2 Å². The van der Waals surface area contributed by atoms with Gasteiger partial charge in [-0.25, -0.2) is 4.98 Å². The number of nitrogens with zero attached hydrogens (tertiary/aromatic N) is 3. The summed E-state index contributed by atoms with van der Waals surface area (Å²) in [6.07, 6.45) is 3.11. The van der Waals surface area contributed by atoms with Gasteiger partial charge in [-0.15, -0.1) is 0 Å². The summed E-state index contributed by atoms with van der Waals surface area (Å²) < 4.78 is 5.67. The number of carbonyl (C=O) groups is 1. The van der Waals surface area contributed by atoms with Crippen LogP contribution in [0.1, 0.15) is 18.4 Å². The molecule has 1 saturated heterocycles. The van der Waals surface area contributed by atoms with Crippen molar-refractivity contribution in [1.29, 1.82) is 0 Å². The van der Waals surface area contributed by atoms with E-state index in [1.807, 2.05) is 24.3 Å². The summed E-state index contributed by atoms with van der Waals surface area (Å²) in [5.74, 6) is 0.727. The molecule has 0 radical (unpaired) electrons. The Kier molecular flexibility index (Phi) is 5.25. The molecule has 0 aliphatic carbocycles. The van der Waals surface area contributed by atoms with E-state index in [9.17, 15) is 9.59 Å². The van der Waals surface area contributed by atoms with Gasteiger partial charge >= 0.3 is 0 Å². The summed E-state index contributed by atoms with van der Waals surface area (Å²) in [4.78, 5) is 37.8. The number of H-pyrrole nitrogens is 1. The van der Waals surface area contributed by atoms with Crippen molar-refractivity contribution in [2.45, 2.75) is 19.4 Å². The lowest BCUT2D eigenvalue weighted by Crippen LogP contribution is -2.42. The standard InChI is InChI=1S/C19H21N5O3S/c1-27-14-6-4-12(5-7-14)9-20-17(25)13-3-2-8-24(10-13)19-23-16-15(28-19)18(26)22-11-21-16/h4-7,11,13H,2-3,8-10H2,1H3,(H,20,25)(H,21,22,26). The van der Waals surface area contributed by atoms with Crippen LogP contribution in [0.4, 0.5) is 5.13 Å². The number of hydrogen-bond donors (Lipinski definition) is 2. The number of amides is 1. The number of methoxy groups -OCH3 is 1. The highest BCUT2D eigenvalue weighted by molar-refractivity contribution is 7.22. The molecule has 4 rings (SSSR count). The van der Waals surface area contributed by atoms with Gasteiger partial charge in [0.2, 0.25) is 5.91 Å². The Bertz CT molecular complexity index is 1030. The Morgan fingerprint density at radius 3 is 2.96 bits per heavy atom. The van der Waals surface area contributed by atoms with Crippen LogP contribution in [-0.4, -0.2) is 41.1 Å². The van der Waals surface area contributed by atoms with Crippen molar-refractivity contribution < 1.29 is 9.53 Å². The van der Waals surface area contributed by atoms with Crippen LogP contribution >= 0.6 is 11.3 Å². The van der Waals surface area contributed by atoms with Gasteiger partial charge in [-0.1, -0.05) is 23.5 Å². The average molecular weight is 399 g/mol. The monoisotopic (exact) mass is 399 g/mol. The zero-order valence-corrected chi connectivity index (χ0v) is 16.3. The first kappa shape index (κ1) is 18.4. The van der Waals surface area contributed by atoms with E-state index in [0.717, 1.165) is 35.8 Å². The van der Waals surface area contributed by atoms with E-state index in [0.29, 0.717) is 23.4 Å². The van der Waals surface area contributed by atoms with Crippen LogP contribution in [0.2, 0.25) is 0 Å². The second-order valence-electron chi connectivity index (χ2n) is 6.73. The van der Waals surface area contributed by atoms with Gasteiger partial charge in [0.05, 0.1) is 19.4 Å². The van der Waals surface area contributed by atoms with E-state index in [1.165, 1.54) is 17.7 Å². The van der Waals surface area contributed by atoms with Crippen LogP contribution in [-0.2, 0) is 11.3 Å². The zero-order chi connectivity index (χ0) is 19.5. The molecule has 0 spiro atoms. The number of carbonyl (C=O) groups excluding carboxylic acids is 1. The molecule has 0 bridgehead atoms. The number of piperidine rings is 1. The molecular weight excluding hydrogens is 378 g/mol. The number of thiazole rings is 1. The number of ether oxygens (including phenoxy) is 1. The molecule has 3 aromatic rings. The molecule has 9 heteroatoms. The van der Waals surface area contributed by atoms with Crippen molar-refractivity contribution in [1.82, 2.24) is 20.3 Å². The van der Waals surface area contributed by atoms with E-state index in [1.54, 1.807) is 7.11 Å². The van der Waals surface area contributed by atoms with Gasteiger partial charge in [-0.3, -0.25) is 9.59 Å². The van der Waals surface area contributed by atoms with Gasteiger partial charge in [0, 0.05) is 19.6 Å². The second-order valence-corrected chi connectivity index (χ2v) is 7.71. The lowest BCUT2D eigenvalue weighted by molar-refractivity contribution is -0.125. The summed E-state index contributed by atoms with van der Waals surface area (Å²) in [6, 6.07) is 7.65. The normalized spacial score (nSPS) is 16.9. The summed E-state index contributed by atoms with van der Waals surface area (Å²) >= 11 is 1.32. The van der Waals surface area contributed by atoms with Gasteiger partial charge in [0.15, 0.2) is 10.8 Å². The minimum Gasteiger partial charge on any atom is -0.497 e. The third-order valence-corrected chi connectivity index (χ3v) is 5.98. The van der Waals surface area contributed by atoms with Crippen LogP contribution in [0, 0.1) is 5.92 Å². The van der Waals surface area contributed by atoms with E-state index >= 15 is 0 Å². The number of rotatable bonds is 5. The Morgan fingerprint density at radius 1 is 1.39 bits per heavy atom. The SMILES string of the molecule is COc1ccc(CNC(=O)C2CCCN(c3nc4nc[nH]c(=O)c4s3)C2)cc1. The fraction of sp³-hybridized carbons (Fsp3) is 0.368. The number of nitrogens with one attached hydrogen (secondary N) is 2. The fourth-order valence-corrected chi connectivity index (χ4v) is 4.28. The number of fused-ring (bicyclic) bond motifs is 1. The Hall–Kier alpha value is -2.94. The van der Waals surface area contributed by atoms with Crippen LogP contribution in [0.25, 0.3) is 10.3 Å². The summed E-state index contributed by atoms with van der Waals surface area (Å²) in [6.45, 7) is 1.89. The van der Waals surface area contributed by atoms with Crippen molar-refractivity contribution >= 4 is 32.7 Å². The average Bonchev–Trinajstić information content (AvgIpc) is 3.18. The van der Waals surface area contributed by atoms with Crippen molar-refractivity contribution in [3.8, 4) is 5.75 Å². The van der Waals surface area contributed by atoms with Gasteiger partial charge < -0.3 is 19.9 Å². The van der Waals surface area contributed by atoms with E-state index in [-0.39, 0.29) is 17.4 Å². The predicted octanol–water partition coefficient (Wildman–Crippen LogP) is 1.92. The first-order chi connectivity index (χ1) is 13.6. The van der Waals surface area contributed by atoms with Crippen LogP contribution in [0.5, 0.6) is 5.75 Å². The molecule has 3 heterocycles.